The van der Waals surface area contributed by atoms with Gasteiger partial charge in [0, 0.05) is 12.3 Å². The van der Waals surface area contributed by atoms with Crippen LogP contribution in [0, 0.1) is 6.92 Å². The van der Waals surface area contributed by atoms with Crippen molar-refractivity contribution in [1.82, 2.24) is 9.55 Å². The number of nitrogens with one attached hydrogen (secondary N) is 1. The lowest BCUT2D eigenvalue weighted by molar-refractivity contribution is -0.0541. The zero-order valence-corrected chi connectivity index (χ0v) is 19.5. The molecule has 6 atom stereocenters. The van der Waals surface area contributed by atoms with E-state index >= 15 is 0 Å². The van der Waals surface area contributed by atoms with E-state index in [0.717, 1.165) is 16.8 Å². The number of aromatic nitrogens is 2. The van der Waals surface area contributed by atoms with Gasteiger partial charge in [0.1, 0.15) is 18.3 Å². The molecule has 2 heterocycles. The van der Waals surface area contributed by atoms with Crippen LogP contribution in [-0.4, -0.2) is 59.6 Å². The van der Waals surface area contributed by atoms with Gasteiger partial charge in [-0.05, 0) is 18.1 Å². The van der Waals surface area contributed by atoms with E-state index in [1.54, 1.807) is 13.0 Å². The Hall–Kier alpha value is -1.96. The normalized spacial score (nSPS) is 26.2. The summed E-state index contributed by atoms with van der Waals surface area (Å²) in [4.78, 5) is 45.0. The number of phosphoric ester groups is 1. The van der Waals surface area contributed by atoms with Gasteiger partial charge in [-0.1, -0.05) is 23.8 Å². The minimum Gasteiger partial charge on any atom is -0.392 e. The van der Waals surface area contributed by atoms with Gasteiger partial charge < -0.3 is 29.8 Å². The molecule has 0 saturated carbocycles. The molecule has 0 radical (unpaired) electrons. The van der Waals surface area contributed by atoms with Crippen molar-refractivity contribution in [2.75, 3.05) is 6.61 Å². The van der Waals surface area contributed by atoms with Crippen LogP contribution in [0.4, 0.5) is 0 Å². The molecule has 1 saturated heterocycles. The molecule has 2 aromatic rings. The molecule has 3 rings (SSSR count). The van der Waals surface area contributed by atoms with Crippen LogP contribution in [0.2, 0.25) is 0 Å². The molecule has 16 heteroatoms. The number of phosphoric acid groups is 1. The molecule has 1 aliphatic heterocycles. The molecule has 1 aromatic carbocycles. The Balaban J connectivity index is 1.64. The second-order valence-corrected chi connectivity index (χ2v) is 11.1. The average molecular weight is 522 g/mol. The van der Waals surface area contributed by atoms with Crippen LogP contribution >= 0.6 is 15.4 Å². The van der Waals surface area contributed by atoms with E-state index in [9.17, 15) is 43.8 Å². The third-order valence-electron chi connectivity index (χ3n) is 4.86. The molecule has 0 bridgehead atoms. The maximum Gasteiger partial charge on any atom is 0.479 e. The summed E-state index contributed by atoms with van der Waals surface area (Å²) in [5.41, 5.74) is -0.184. The first-order valence-electron chi connectivity index (χ1n) is 9.84. The van der Waals surface area contributed by atoms with E-state index in [1.807, 2.05) is 4.98 Å². The maximum atomic E-state index is 12.4. The van der Waals surface area contributed by atoms with Crippen molar-refractivity contribution in [3.05, 3.63) is 68.0 Å². The minimum atomic E-state index is -5.14. The van der Waals surface area contributed by atoms with Crippen molar-refractivity contribution in [2.24, 2.45) is 0 Å². The maximum absolute atomic E-state index is 12.4. The molecule has 0 spiro atoms. The average Bonchev–Trinajstić information content (AvgIpc) is 2.99. The highest BCUT2D eigenvalue weighted by Crippen LogP contribution is 2.61. The number of hydrogen-bond acceptors (Lipinski definition) is 10. The molecular formula is C18H24N2O12P2. The fourth-order valence-electron chi connectivity index (χ4n) is 3.47. The number of hydrogen-bond donors (Lipinski definition) is 6. The fourth-order valence-corrected chi connectivity index (χ4v) is 6.16. The summed E-state index contributed by atoms with van der Waals surface area (Å²) in [6.07, 6.45) is -5.83. The van der Waals surface area contributed by atoms with Crippen molar-refractivity contribution in [3.63, 3.8) is 0 Å². The highest BCUT2D eigenvalue weighted by atomic mass is 31.3. The molecule has 14 nitrogen and oxygen atoms in total. The SMILES string of the molecule is Cc1cc(CO)cc(CP(=O)(O)OP(=O)(O)OC[C@H]2O[C@@H](n3ccc(=O)[nH]c3=O)[C@@H](O)C2O)c1. The largest absolute Gasteiger partial charge is 0.479 e. The van der Waals surface area contributed by atoms with Crippen molar-refractivity contribution in [3.8, 4) is 0 Å². The molecule has 1 aromatic heterocycles. The van der Waals surface area contributed by atoms with Gasteiger partial charge in [0.25, 0.3) is 5.56 Å². The highest BCUT2D eigenvalue weighted by molar-refractivity contribution is 7.63. The highest BCUT2D eigenvalue weighted by Gasteiger charge is 2.45. The van der Waals surface area contributed by atoms with E-state index < -0.39 is 64.0 Å². The van der Waals surface area contributed by atoms with Crippen LogP contribution in [0.15, 0.2) is 40.1 Å². The summed E-state index contributed by atoms with van der Waals surface area (Å²) in [5, 5.41) is 29.6. The van der Waals surface area contributed by atoms with E-state index in [4.69, 9.17) is 4.74 Å². The van der Waals surface area contributed by atoms with Gasteiger partial charge in [0.15, 0.2) is 6.23 Å². The summed E-state index contributed by atoms with van der Waals surface area (Å²) >= 11 is 0. The van der Waals surface area contributed by atoms with Crippen LogP contribution in [-0.2, 0) is 35.5 Å². The minimum absolute atomic E-state index is 0.279. The first kappa shape index (κ1) is 26.6. The summed E-state index contributed by atoms with van der Waals surface area (Å²) in [5.74, 6) is 0. The predicted octanol–water partition coefficient (Wildman–Crippen LogP) is -0.524. The Morgan fingerprint density at radius 1 is 1.12 bits per heavy atom. The Kier molecular flexibility index (Phi) is 8.10. The third kappa shape index (κ3) is 6.58. The second kappa shape index (κ2) is 10.3. The predicted molar refractivity (Wildman–Crippen MR) is 115 cm³/mol. The molecule has 6 N–H and O–H groups in total. The lowest BCUT2D eigenvalue weighted by Gasteiger charge is -2.19. The van der Waals surface area contributed by atoms with E-state index in [-0.39, 0.29) is 12.2 Å². The third-order valence-corrected chi connectivity index (χ3v) is 7.94. The zero-order chi connectivity index (χ0) is 25.3. The monoisotopic (exact) mass is 522 g/mol. The van der Waals surface area contributed by atoms with E-state index in [1.165, 1.54) is 12.1 Å². The number of ether oxygens (including phenoxy) is 1. The number of aliphatic hydroxyl groups excluding tert-OH is 3. The van der Waals surface area contributed by atoms with Gasteiger partial charge in [0.2, 0.25) is 0 Å². The fraction of sp³-hybridized carbons (Fsp3) is 0.444. The Morgan fingerprint density at radius 3 is 2.44 bits per heavy atom. The summed E-state index contributed by atoms with van der Waals surface area (Å²) in [6.45, 7) is 0.538. The van der Waals surface area contributed by atoms with Crippen molar-refractivity contribution in [2.45, 2.75) is 44.2 Å². The van der Waals surface area contributed by atoms with Crippen LogP contribution in [0.25, 0.3) is 0 Å². The number of nitrogens with zero attached hydrogens (tertiary/aromatic N) is 1. The van der Waals surface area contributed by atoms with Crippen molar-refractivity contribution in [1.29, 1.82) is 0 Å². The molecular weight excluding hydrogens is 498 g/mol. The van der Waals surface area contributed by atoms with Gasteiger partial charge in [-0.15, -0.1) is 0 Å². The van der Waals surface area contributed by atoms with Crippen LogP contribution < -0.4 is 11.2 Å². The molecule has 188 valence electrons. The molecule has 0 amide bonds. The quantitative estimate of drug-likeness (QED) is 0.229. The van der Waals surface area contributed by atoms with Crippen LogP contribution in [0.1, 0.15) is 22.9 Å². The molecule has 1 fully saturated rings. The number of benzene rings is 1. The Labute approximate surface area is 192 Å². The van der Waals surface area contributed by atoms with Crippen molar-refractivity contribution < 1.29 is 47.8 Å². The first-order valence-corrected chi connectivity index (χ1v) is 13.1. The van der Waals surface area contributed by atoms with E-state index in [2.05, 4.69) is 8.83 Å². The Morgan fingerprint density at radius 2 is 1.79 bits per heavy atom. The molecule has 3 unspecified atom stereocenters. The van der Waals surface area contributed by atoms with Gasteiger partial charge in [-0.25, -0.2) is 13.7 Å². The smallest absolute Gasteiger partial charge is 0.392 e. The lowest BCUT2D eigenvalue weighted by atomic mass is 10.1. The molecule has 1 aliphatic rings. The van der Waals surface area contributed by atoms with Gasteiger partial charge in [-0.3, -0.25) is 23.4 Å². The van der Waals surface area contributed by atoms with E-state index in [0.29, 0.717) is 11.1 Å². The Bertz CT molecular complexity index is 1240. The lowest BCUT2D eigenvalue weighted by Crippen LogP contribution is -2.37. The van der Waals surface area contributed by atoms with Gasteiger partial charge in [0.05, 0.1) is 19.4 Å². The van der Waals surface area contributed by atoms with Gasteiger partial charge >= 0.3 is 21.1 Å². The second-order valence-electron chi connectivity index (χ2n) is 7.69. The standard InChI is InChI=1S/C18H24N2O12P2/c1-10-4-11(7-21)6-12(5-10)9-33(26,27)32-34(28,29)30-8-13-15(23)16(24)17(31-13)20-3-2-14(22)19-18(20)25/h2-6,13,15-17,21,23-24H,7-9H2,1H3,(H,26,27)(H,28,29)(H,19,22,25)/t13-,15?,16+,17-/m1/s1. The number of rotatable bonds is 9. The molecule has 0 aliphatic carbocycles. The number of aromatic amines is 1. The zero-order valence-electron chi connectivity index (χ0n) is 17.8. The summed E-state index contributed by atoms with van der Waals surface area (Å²) < 4.78 is 39.9. The topological polar surface area (TPSA) is 218 Å². The summed E-state index contributed by atoms with van der Waals surface area (Å²) in [7, 11) is -9.84. The summed E-state index contributed by atoms with van der Waals surface area (Å²) in [6, 6.07) is 5.62. The van der Waals surface area contributed by atoms with Gasteiger partial charge in [-0.2, -0.15) is 0 Å². The number of H-pyrrole nitrogens is 1. The molecule has 34 heavy (non-hydrogen) atoms. The number of aryl methyl sites for hydroxylation is 1. The van der Waals surface area contributed by atoms with Crippen LogP contribution in [0.3, 0.4) is 0 Å². The van der Waals surface area contributed by atoms with Crippen LogP contribution in [0.5, 0.6) is 0 Å². The number of aliphatic hydroxyl groups is 3. The van der Waals surface area contributed by atoms with Crippen molar-refractivity contribution >= 4 is 15.4 Å². The first-order chi connectivity index (χ1) is 15.8.